The van der Waals surface area contributed by atoms with Gasteiger partial charge in [-0.2, -0.15) is 0 Å². The molecule has 0 spiro atoms. The Morgan fingerprint density at radius 3 is 2.62 bits per heavy atom. The zero-order chi connectivity index (χ0) is 15.2. The maximum atomic E-state index is 3.69. The molecule has 1 aromatic carbocycles. The molecule has 1 unspecified atom stereocenters. The fraction of sp³-hybridized carbons (Fsp3) is 0.444. The highest BCUT2D eigenvalue weighted by molar-refractivity contribution is 9.11. The summed E-state index contributed by atoms with van der Waals surface area (Å²) < 4.78 is 1.19. The van der Waals surface area contributed by atoms with Crippen LogP contribution in [0, 0.1) is 5.92 Å². The van der Waals surface area contributed by atoms with Gasteiger partial charge >= 0.3 is 0 Å². The SMILES string of the molecule is CCCNC(c1cccc(CC(C)C)c1)c1ccc(Br)s1. The molecule has 3 heteroatoms. The maximum absolute atomic E-state index is 3.69. The van der Waals surface area contributed by atoms with Crippen molar-refractivity contribution in [3.63, 3.8) is 0 Å². The molecule has 1 N–H and O–H groups in total. The highest BCUT2D eigenvalue weighted by Gasteiger charge is 2.15. The number of benzene rings is 1. The van der Waals surface area contributed by atoms with Crippen molar-refractivity contribution in [2.24, 2.45) is 5.92 Å². The van der Waals surface area contributed by atoms with Crippen LogP contribution in [0.5, 0.6) is 0 Å². The molecule has 0 saturated carbocycles. The zero-order valence-corrected chi connectivity index (χ0v) is 15.4. The molecule has 0 aliphatic rings. The van der Waals surface area contributed by atoms with Crippen LogP contribution in [0.15, 0.2) is 40.2 Å². The van der Waals surface area contributed by atoms with E-state index in [0.29, 0.717) is 12.0 Å². The fourth-order valence-electron chi connectivity index (χ4n) is 2.53. The lowest BCUT2D eigenvalue weighted by Gasteiger charge is -2.19. The third-order valence-corrected chi connectivity index (χ3v) is 5.09. The molecule has 1 aromatic heterocycles. The second-order valence-corrected chi connectivity index (χ2v) is 8.37. The highest BCUT2D eigenvalue weighted by Crippen LogP contribution is 2.31. The van der Waals surface area contributed by atoms with Crippen LogP contribution in [-0.2, 0) is 6.42 Å². The molecule has 0 aliphatic heterocycles. The quantitative estimate of drug-likeness (QED) is 0.653. The molecular formula is C18H24BrNS. The molecule has 2 rings (SSSR count). The smallest absolute Gasteiger partial charge is 0.0702 e. The number of thiophene rings is 1. The Hall–Kier alpha value is -0.640. The monoisotopic (exact) mass is 365 g/mol. The van der Waals surface area contributed by atoms with Crippen molar-refractivity contribution >= 4 is 27.3 Å². The van der Waals surface area contributed by atoms with E-state index in [2.05, 4.69) is 78.4 Å². The number of nitrogens with one attached hydrogen (secondary N) is 1. The van der Waals surface area contributed by atoms with Gasteiger partial charge in [-0.05, 0) is 64.5 Å². The molecule has 114 valence electrons. The summed E-state index contributed by atoms with van der Waals surface area (Å²) in [5.74, 6) is 0.693. The van der Waals surface area contributed by atoms with Crippen LogP contribution in [0.3, 0.4) is 0 Å². The average molecular weight is 366 g/mol. The molecule has 1 atom stereocenters. The van der Waals surface area contributed by atoms with Crippen LogP contribution in [0.4, 0.5) is 0 Å². The van der Waals surface area contributed by atoms with Gasteiger partial charge in [0.1, 0.15) is 0 Å². The van der Waals surface area contributed by atoms with Crippen molar-refractivity contribution < 1.29 is 0 Å². The lowest BCUT2D eigenvalue weighted by molar-refractivity contribution is 0.603. The van der Waals surface area contributed by atoms with Crippen LogP contribution in [-0.4, -0.2) is 6.54 Å². The molecular weight excluding hydrogens is 342 g/mol. The van der Waals surface area contributed by atoms with E-state index in [1.807, 2.05) is 11.3 Å². The Kier molecular flexibility index (Phi) is 6.46. The molecule has 0 fully saturated rings. The minimum Gasteiger partial charge on any atom is -0.306 e. The maximum Gasteiger partial charge on any atom is 0.0702 e. The van der Waals surface area contributed by atoms with E-state index in [1.165, 1.54) is 19.8 Å². The first-order valence-corrected chi connectivity index (χ1v) is 9.28. The summed E-state index contributed by atoms with van der Waals surface area (Å²) in [5.41, 5.74) is 2.80. The molecule has 1 heterocycles. The number of rotatable bonds is 7. The molecule has 0 saturated heterocycles. The first-order valence-electron chi connectivity index (χ1n) is 7.67. The zero-order valence-electron chi connectivity index (χ0n) is 13.0. The van der Waals surface area contributed by atoms with Gasteiger partial charge in [-0.25, -0.2) is 0 Å². The van der Waals surface area contributed by atoms with Crippen LogP contribution in [0.1, 0.15) is 49.2 Å². The Labute approximate surface area is 140 Å². The van der Waals surface area contributed by atoms with Crippen LogP contribution < -0.4 is 5.32 Å². The van der Waals surface area contributed by atoms with Crippen molar-refractivity contribution in [2.45, 2.75) is 39.7 Å². The Morgan fingerprint density at radius 2 is 2.00 bits per heavy atom. The Morgan fingerprint density at radius 1 is 1.19 bits per heavy atom. The van der Waals surface area contributed by atoms with Crippen molar-refractivity contribution in [1.29, 1.82) is 0 Å². The normalized spacial score (nSPS) is 12.8. The highest BCUT2D eigenvalue weighted by atomic mass is 79.9. The van der Waals surface area contributed by atoms with Gasteiger partial charge in [-0.15, -0.1) is 11.3 Å². The average Bonchev–Trinajstić information content (AvgIpc) is 2.85. The van der Waals surface area contributed by atoms with Crippen molar-refractivity contribution in [3.8, 4) is 0 Å². The van der Waals surface area contributed by atoms with E-state index < -0.39 is 0 Å². The number of halogens is 1. The molecule has 2 aromatic rings. The van der Waals surface area contributed by atoms with Gasteiger partial charge in [0, 0.05) is 4.88 Å². The Balaban J connectivity index is 2.27. The van der Waals surface area contributed by atoms with E-state index in [4.69, 9.17) is 0 Å². The van der Waals surface area contributed by atoms with E-state index in [-0.39, 0.29) is 0 Å². The molecule has 0 bridgehead atoms. The molecule has 1 nitrogen and oxygen atoms in total. The Bertz CT molecular complexity index is 562. The topological polar surface area (TPSA) is 12.0 Å². The molecule has 0 aliphatic carbocycles. The van der Waals surface area contributed by atoms with Gasteiger partial charge in [0.2, 0.25) is 0 Å². The summed E-state index contributed by atoms with van der Waals surface area (Å²) >= 11 is 5.39. The van der Waals surface area contributed by atoms with Crippen LogP contribution in [0.25, 0.3) is 0 Å². The fourth-order valence-corrected chi connectivity index (χ4v) is 4.05. The van der Waals surface area contributed by atoms with Gasteiger partial charge in [0.25, 0.3) is 0 Å². The lowest BCUT2D eigenvalue weighted by Crippen LogP contribution is -2.22. The summed E-state index contributed by atoms with van der Waals surface area (Å²) in [4.78, 5) is 1.37. The standard InChI is InChI=1S/C18H24BrNS/c1-4-10-20-18(16-8-9-17(19)21-16)15-7-5-6-14(12-15)11-13(2)3/h5-9,12-13,18,20H,4,10-11H2,1-3H3. The summed E-state index contributed by atoms with van der Waals surface area (Å²) in [6.45, 7) is 7.80. The van der Waals surface area contributed by atoms with E-state index in [9.17, 15) is 0 Å². The second-order valence-electron chi connectivity index (χ2n) is 5.87. The van der Waals surface area contributed by atoms with E-state index in [0.717, 1.165) is 19.4 Å². The van der Waals surface area contributed by atoms with Crippen molar-refractivity contribution in [1.82, 2.24) is 5.32 Å². The molecule has 21 heavy (non-hydrogen) atoms. The van der Waals surface area contributed by atoms with Crippen LogP contribution in [0.2, 0.25) is 0 Å². The van der Waals surface area contributed by atoms with Gasteiger partial charge in [-0.3, -0.25) is 0 Å². The third kappa shape index (κ3) is 4.94. The lowest BCUT2D eigenvalue weighted by atomic mass is 9.97. The predicted octanol–water partition coefficient (Wildman–Crippen LogP) is 5.80. The molecule has 0 amide bonds. The summed E-state index contributed by atoms with van der Waals surface area (Å²) in [5, 5.41) is 3.69. The first-order chi connectivity index (χ1) is 10.1. The number of hydrogen-bond acceptors (Lipinski definition) is 2. The van der Waals surface area contributed by atoms with Crippen molar-refractivity contribution in [3.05, 3.63) is 56.2 Å². The van der Waals surface area contributed by atoms with Gasteiger partial charge in [0.15, 0.2) is 0 Å². The molecule has 0 radical (unpaired) electrons. The predicted molar refractivity (Wildman–Crippen MR) is 97.1 cm³/mol. The van der Waals surface area contributed by atoms with E-state index >= 15 is 0 Å². The van der Waals surface area contributed by atoms with E-state index in [1.54, 1.807) is 0 Å². The summed E-state index contributed by atoms with van der Waals surface area (Å²) in [7, 11) is 0. The summed E-state index contributed by atoms with van der Waals surface area (Å²) in [6.07, 6.45) is 2.29. The van der Waals surface area contributed by atoms with Gasteiger partial charge < -0.3 is 5.32 Å². The van der Waals surface area contributed by atoms with Crippen molar-refractivity contribution in [2.75, 3.05) is 6.54 Å². The van der Waals surface area contributed by atoms with Crippen LogP contribution >= 0.6 is 27.3 Å². The van der Waals surface area contributed by atoms with Gasteiger partial charge in [-0.1, -0.05) is 45.0 Å². The minimum atomic E-state index is 0.299. The largest absolute Gasteiger partial charge is 0.306 e. The third-order valence-electron chi connectivity index (χ3n) is 3.41. The first kappa shape index (κ1) is 16.7. The minimum absolute atomic E-state index is 0.299. The summed E-state index contributed by atoms with van der Waals surface area (Å²) in [6, 6.07) is 13.7. The second kappa shape index (κ2) is 8.11. The van der Waals surface area contributed by atoms with Gasteiger partial charge in [0.05, 0.1) is 9.83 Å². The number of hydrogen-bond donors (Lipinski definition) is 1.